The highest BCUT2D eigenvalue weighted by Gasteiger charge is 2.19. The lowest BCUT2D eigenvalue weighted by molar-refractivity contribution is 0.0294. The van der Waals surface area contributed by atoms with Crippen LogP contribution >= 0.6 is 23.8 Å². The van der Waals surface area contributed by atoms with E-state index in [1.807, 2.05) is 0 Å². The van der Waals surface area contributed by atoms with Crippen LogP contribution in [-0.2, 0) is 23.1 Å². The van der Waals surface area contributed by atoms with Crippen molar-refractivity contribution >= 4 is 23.8 Å². The lowest BCUT2D eigenvalue weighted by atomic mass is 10.1. The molecule has 8 heteroatoms. The molecule has 0 heterocycles. The van der Waals surface area contributed by atoms with Crippen molar-refractivity contribution in [3.05, 3.63) is 0 Å². The molecule has 6 nitrogen and oxygen atoms in total. The maximum Gasteiger partial charge on any atom is 0.472 e. The molecule has 0 aliphatic heterocycles. The van der Waals surface area contributed by atoms with Crippen LogP contribution in [0.25, 0.3) is 0 Å². The predicted octanol–water partition coefficient (Wildman–Crippen LogP) is 5.47. The second kappa shape index (κ2) is 20.2. The summed E-state index contributed by atoms with van der Waals surface area (Å²) >= 11 is 3.10. The fourth-order valence-electron chi connectivity index (χ4n) is 2.41. The van der Waals surface area contributed by atoms with Gasteiger partial charge in [0.05, 0.1) is 33.0 Å². The fourth-order valence-corrected chi connectivity index (χ4v) is 3.53. The Balaban J connectivity index is 3.14. The van der Waals surface area contributed by atoms with Crippen LogP contribution < -0.4 is 0 Å². The molecule has 158 valence electrons. The predicted molar refractivity (Wildman–Crippen MR) is 109 cm³/mol. The number of halogens is 1. The lowest BCUT2D eigenvalue weighted by Crippen LogP contribution is -2.10. The van der Waals surface area contributed by atoms with Gasteiger partial charge in [-0.25, -0.2) is 4.57 Å². The molecule has 0 aromatic rings. The molecule has 0 amide bonds. The highest BCUT2D eigenvalue weighted by molar-refractivity contribution is 9.09. The van der Waals surface area contributed by atoms with Crippen LogP contribution in [0.15, 0.2) is 0 Å². The van der Waals surface area contributed by atoms with Crippen LogP contribution in [0.3, 0.4) is 0 Å². The maximum atomic E-state index is 11.3. The van der Waals surface area contributed by atoms with E-state index in [1.54, 1.807) is 0 Å². The minimum atomic E-state index is -3.94. The molecular weight excluding hydrogens is 423 g/mol. The molecular formula is C18H38BrO6P. The summed E-state index contributed by atoms with van der Waals surface area (Å²) < 4.78 is 31.6. The summed E-state index contributed by atoms with van der Waals surface area (Å²) in [6.07, 6.45) is 13.2. The highest BCUT2D eigenvalue weighted by atomic mass is 79.9. The highest BCUT2D eigenvalue weighted by Crippen LogP contribution is 2.42. The number of unbranched alkanes of at least 4 members (excludes halogenated alkanes) is 9. The second-order valence-electron chi connectivity index (χ2n) is 6.23. The molecule has 0 aliphatic rings. The molecule has 0 aliphatic carbocycles. The van der Waals surface area contributed by atoms with Gasteiger partial charge in [-0.1, -0.05) is 80.6 Å². The molecule has 0 aromatic heterocycles. The average Bonchev–Trinajstić information content (AvgIpc) is 2.62. The zero-order chi connectivity index (χ0) is 19.3. The van der Waals surface area contributed by atoms with Gasteiger partial charge in [0.15, 0.2) is 0 Å². The van der Waals surface area contributed by atoms with E-state index in [0.717, 1.165) is 13.0 Å². The molecule has 1 unspecified atom stereocenters. The molecule has 0 rings (SSSR count). The van der Waals surface area contributed by atoms with E-state index in [9.17, 15) is 9.46 Å². The quantitative estimate of drug-likeness (QED) is 0.139. The van der Waals surface area contributed by atoms with E-state index in [1.165, 1.54) is 57.8 Å². The van der Waals surface area contributed by atoms with Crippen molar-refractivity contribution in [2.75, 3.05) is 45.0 Å². The van der Waals surface area contributed by atoms with Gasteiger partial charge >= 0.3 is 7.82 Å². The van der Waals surface area contributed by atoms with Crippen molar-refractivity contribution in [2.24, 2.45) is 0 Å². The summed E-state index contributed by atoms with van der Waals surface area (Å²) in [5.41, 5.74) is 0. The largest absolute Gasteiger partial charge is 0.472 e. The molecule has 1 atom stereocenters. The van der Waals surface area contributed by atoms with Crippen LogP contribution in [0, 0.1) is 0 Å². The molecule has 26 heavy (non-hydrogen) atoms. The average molecular weight is 461 g/mol. The van der Waals surface area contributed by atoms with Crippen LogP contribution in [0.1, 0.15) is 71.1 Å². The first kappa shape index (κ1) is 26.5. The van der Waals surface area contributed by atoms with Crippen molar-refractivity contribution < 1.29 is 28.0 Å². The molecule has 0 saturated carbocycles. The van der Waals surface area contributed by atoms with E-state index >= 15 is 0 Å². The van der Waals surface area contributed by atoms with Gasteiger partial charge in [0.25, 0.3) is 0 Å². The van der Waals surface area contributed by atoms with Crippen LogP contribution in [0.5, 0.6) is 0 Å². The molecule has 1 N–H and O–H groups in total. The number of hydrogen-bond donors (Lipinski definition) is 1. The first-order valence-corrected chi connectivity index (χ1v) is 12.6. The van der Waals surface area contributed by atoms with E-state index in [2.05, 4.69) is 27.4 Å². The fraction of sp³-hybridized carbons (Fsp3) is 1.00. The smallest absolute Gasteiger partial charge is 0.379 e. The van der Waals surface area contributed by atoms with Crippen LogP contribution in [-0.4, -0.2) is 49.9 Å². The minimum absolute atomic E-state index is 0.0223. The summed E-state index contributed by atoms with van der Waals surface area (Å²) in [5, 5.41) is 0.480. The first-order chi connectivity index (χ1) is 12.6. The number of alkyl halides is 1. The van der Waals surface area contributed by atoms with Crippen molar-refractivity contribution in [3.63, 3.8) is 0 Å². The molecule has 0 spiro atoms. The van der Waals surface area contributed by atoms with Gasteiger partial charge < -0.3 is 14.4 Å². The third-order valence-electron chi connectivity index (χ3n) is 3.83. The van der Waals surface area contributed by atoms with E-state index in [-0.39, 0.29) is 19.8 Å². The van der Waals surface area contributed by atoms with E-state index < -0.39 is 7.82 Å². The Morgan fingerprint density at radius 1 is 0.692 bits per heavy atom. The Kier molecular flexibility index (Phi) is 20.6. The molecule has 0 bridgehead atoms. The number of hydrogen-bond acceptors (Lipinski definition) is 5. The SMILES string of the molecule is CCCCCCCCCCCCOCCOCCOP(=O)(O)OCCBr. The number of rotatable bonds is 21. The van der Waals surface area contributed by atoms with Crippen molar-refractivity contribution in [1.82, 2.24) is 0 Å². The molecule has 0 saturated heterocycles. The Labute approximate surface area is 168 Å². The number of ether oxygens (including phenoxy) is 2. The van der Waals surface area contributed by atoms with Gasteiger partial charge in [-0.3, -0.25) is 9.05 Å². The Morgan fingerprint density at radius 2 is 1.15 bits per heavy atom. The lowest BCUT2D eigenvalue weighted by Gasteiger charge is -2.11. The Morgan fingerprint density at radius 3 is 1.73 bits per heavy atom. The van der Waals surface area contributed by atoms with Crippen molar-refractivity contribution in [2.45, 2.75) is 71.1 Å². The molecule has 0 fully saturated rings. The topological polar surface area (TPSA) is 74.2 Å². The summed E-state index contributed by atoms with van der Waals surface area (Å²) in [7, 11) is -3.94. The van der Waals surface area contributed by atoms with E-state index in [4.69, 9.17) is 14.0 Å². The van der Waals surface area contributed by atoms with Gasteiger partial charge in [-0.05, 0) is 6.42 Å². The minimum Gasteiger partial charge on any atom is -0.379 e. The summed E-state index contributed by atoms with van der Waals surface area (Å²) in [4.78, 5) is 9.28. The third kappa shape index (κ3) is 20.8. The summed E-state index contributed by atoms with van der Waals surface area (Å²) in [6.45, 7) is 4.40. The monoisotopic (exact) mass is 460 g/mol. The Bertz CT molecular complexity index is 333. The van der Waals surface area contributed by atoms with Crippen molar-refractivity contribution in [1.29, 1.82) is 0 Å². The normalized spacial score (nSPS) is 13.8. The van der Waals surface area contributed by atoms with Gasteiger partial charge in [-0.15, -0.1) is 0 Å². The number of phosphoric ester groups is 1. The second-order valence-corrected chi connectivity index (χ2v) is 8.48. The van der Waals surface area contributed by atoms with Crippen LogP contribution in [0.4, 0.5) is 0 Å². The zero-order valence-electron chi connectivity index (χ0n) is 16.3. The maximum absolute atomic E-state index is 11.3. The van der Waals surface area contributed by atoms with Gasteiger partial charge in [0.2, 0.25) is 0 Å². The van der Waals surface area contributed by atoms with Gasteiger partial charge in [-0.2, -0.15) is 0 Å². The van der Waals surface area contributed by atoms with Crippen molar-refractivity contribution in [3.8, 4) is 0 Å². The number of phosphoric acid groups is 1. The van der Waals surface area contributed by atoms with Gasteiger partial charge in [0, 0.05) is 11.9 Å². The molecule has 0 aromatic carbocycles. The molecule has 0 radical (unpaired) electrons. The summed E-state index contributed by atoms with van der Waals surface area (Å²) in [5.74, 6) is 0. The first-order valence-electron chi connectivity index (χ1n) is 9.95. The summed E-state index contributed by atoms with van der Waals surface area (Å²) in [6, 6.07) is 0. The van der Waals surface area contributed by atoms with Crippen LogP contribution in [0.2, 0.25) is 0 Å². The zero-order valence-corrected chi connectivity index (χ0v) is 18.8. The Hall–Kier alpha value is 0.510. The van der Waals surface area contributed by atoms with Gasteiger partial charge in [0.1, 0.15) is 0 Å². The third-order valence-corrected chi connectivity index (χ3v) is 5.17. The standard InChI is InChI=1S/C18H38BrO6P/c1-2-3-4-5-6-7-8-9-10-11-13-22-15-16-23-17-18-25-26(20,21)24-14-12-19/h2-18H2,1H3,(H,20,21). The van der Waals surface area contributed by atoms with E-state index in [0.29, 0.717) is 18.5 Å².